The molecule has 0 saturated heterocycles. The standard InChI is InChI=1S/C29H34N4.C3H9N.C3H6O/c1-8-20-18(6)27-14-29-21(9-2)17(5)26(32-29)12-22-15(3)10-24(30-22)19(7)25-11-16(4)23(31-25)13-28(20)33-27;1-4(2)3;1-2-3-4/h11-15,32-33H,8-10H2,1-7H3;1-3H3;3H,2H2,1H3. The van der Waals surface area contributed by atoms with E-state index in [1.165, 1.54) is 49.9 Å². The number of carbonyl (C=O) groups excluding carboxylic acids is 1. The predicted molar refractivity (Wildman–Crippen MR) is 176 cm³/mol. The fourth-order valence-corrected chi connectivity index (χ4v) is 5.37. The normalized spacial score (nSPS) is 14.1. The van der Waals surface area contributed by atoms with Crippen molar-refractivity contribution in [3.8, 4) is 0 Å². The first-order chi connectivity index (χ1) is 19.4. The van der Waals surface area contributed by atoms with Crippen molar-refractivity contribution in [1.82, 2.24) is 24.8 Å². The maximum atomic E-state index is 9.17. The highest BCUT2D eigenvalue weighted by molar-refractivity contribution is 5.85. The van der Waals surface area contributed by atoms with Gasteiger partial charge in [0.1, 0.15) is 6.29 Å². The van der Waals surface area contributed by atoms with Crippen LogP contribution in [0.3, 0.4) is 0 Å². The van der Waals surface area contributed by atoms with E-state index < -0.39 is 0 Å². The molecule has 0 radical (unpaired) electrons. The molecule has 3 aromatic rings. The molecule has 5 rings (SSSR count). The van der Waals surface area contributed by atoms with Crippen LogP contribution in [0.15, 0.2) is 18.2 Å². The Balaban J connectivity index is 0.000000515. The van der Waals surface area contributed by atoms with Gasteiger partial charge in [-0.05, 0) is 126 Å². The van der Waals surface area contributed by atoms with Crippen LogP contribution < -0.4 is 0 Å². The summed E-state index contributed by atoms with van der Waals surface area (Å²) in [7, 11) is 6.00. The van der Waals surface area contributed by atoms with E-state index in [4.69, 9.17) is 9.97 Å². The van der Waals surface area contributed by atoms with Gasteiger partial charge in [0.25, 0.3) is 0 Å². The minimum atomic E-state index is 0.396. The molecular formula is C35H49N5O. The summed E-state index contributed by atoms with van der Waals surface area (Å²) in [5.41, 5.74) is 16.8. The van der Waals surface area contributed by atoms with Crippen molar-refractivity contribution in [3.63, 3.8) is 0 Å². The molecule has 6 nitrogen and oxygen atoms in total. The molecule has 41 heavy (non-hydrogen) atoms. The molecule has 220 valence electrons. The lowest BCUT2D eigenvalue weighted by atomic mass is 10.0. The lowest BCUT2D eigenvalue weighted by Crippen LogP contribution is -1.99. The molecule has 6 heteroatoms. The van der Waals surface area contributed by atoms with Gasteiger partial charge in [0.05, 0.1) is 11.4 Å². The van der Waals surface area contributed by atoms with Crippen molar-refractivity contribution in [2.24, 2.45) is 0 Å². The number of aromatic amines is 2. The number of aryl methyl sites for hydroxylation is 4. The molecule has 0 spiro atoms. The second kappa shape index (κ2) is 13.9. The molecule has 0 aromatic carbocycles. The van der Waals surface area contributed by atoms with Gasteiger partial charge >= 0.3 is 0 Å². The van der Waals surface area contributed by atoms with Crippen LogP contribution >= 0.6 is 0 Å². The summed E-state index contributed by atoms with van der Waals surface area (Å²) in [6.07, 6.45) is 6.65. The maximum Gasteiger partial charge on any atom is 0.119 e. The molecule has 2 N–H and O–H groups in total. The number of allylic oxidation sites excluding steroid dienone is 1. The molecule has 2 aliphatic heterocycles. The average Bonchev–Trinajstić information content (AvgIpc) is 3.64. The predicted octanol–water partition coefficient (Wildman–Crippen LogP) is 8.04. The average molecular weight is 556 g/mol. The third-order valence-corrected chi connectivity index (χ3v) is 7.72. The summed E-state index contributed by atoms with van der Waals surface area (Å²) in [5, 5.41) is 0. The monoisotopic (exact) mass is 555 g/mol. The number of hydrogen-bond donors (Lipinski definition) is 2. The summed E-state index contributed by atoms with van der Waals surface area (Å²) in [6.45, 7) is 17.3. The molecule has 3 aromatic heterocycles. The van der Waals surface area contributed by atoms with Gasteiger partial charge in [0.2, 0.25) is 0 Å². The Labute approximate surface area is 246 Å². The van der Waals surface area contributed by atoms with Crippen molar-refractivity contribution >= 4 is 40.0 Å². The molecule has 2 aliphatic rings. The number of H-pyrrole nitrogens is 2. The van der Waals surface area contributed by atoms with Crippen molar-refractivity contribution < 1.29 is 4.79 Å². The van der Waals surface area contributed by atoms with Crippen LogP contribution in [0.1, 0.15) is 97.6 Å². The number of hydrogen-bond acceptors (Lipinski definition) is 4. The highest BCUT2D eigenvalue weighted by atomic mass is 16.1. The summed E-state index contributed by atoms with van der Waals surface area (Å²) >= 11 is 0. The Kier molecular flexibility index (Phi) is 10.9. The Morgan fingerprint density at radius 2 is 1.34 bits per heavy atom. The molecule has 8 bridgehead atoms. The molecule has 0 amide bonds. The van der Waals surface area contributed by atoms with Crippen LogP contribution in [0.4, 0.5) is 0 Å². The Morgan fingerprint density at radius 3 is 1.85 bits per heavy atom. The first kappa shape index (κ1) is 32.0. The van der Waals surface area contributed by atoms with Gasteiger partial charge < -0.3 is 19.7 Å². The lowest BCUT2D eigenvalue weighted by molar-refractivity contribution is -0.107. The van der Waals surface area contributed by atoms with Crippen molar-refractivity contribution in [1.29, 1.82) is 0 Å². The van der Waals surface area contributed by atoms with Crippen LogP contribution in [0.2, 0.25) is 0 Å². The molecule has 5 heterocycles. The SMILES string of the molecule is CCC=O.CCc1c(C)c2cc3[nH]c(cc4nc(c(C)c5nc(cc1[nH]2)C(C)=C5)CC4C)c(C)c3CC.CN(C)C. The smallest absolute Gasteiger partial charge is 0.119 e. The molecule has 0 saturated carbocycles. The van der Waals surface area contributed by atoms with Crippen LogP contribution in [-0.2, 0) is 24.1 Å². The number of aromatic nitrogens is 4. The molecule has 1 unspecified atom stereocenters. The Hall–Kier alpha value is -3.51. The van der Waals surface area contributed by atoms with Crippen LogP contribution in [0, 0.1) is 20.8 Å². The van der Waals surface area contributed by atoms with Crippen molar-refractivity contribution in [3.05, 3.63) is 68.8 Å². The summed E-state index contributed by atoms with van der Waals surface area (Å²) in [5.74, 6) is 0.396. The van der Waals surface area contributed by atoms with Crippen molar-refractivity contribution in [2.75, 3.05) is 21.1 Å². The van der Waals surface area contributed by atoms with Gasteiger partial charge in [-0.1, -0.05) is 27.7 Å². The summed E-state index contributed by atoms with van der Waals surface area (Å²) in [6, 6.07) is 6.76. The second-order valence-corrected chi connectivity index (χ2v) is 11.6. The first-order valence-corrected chi connectivity index (χ1v) is 14.9. The number of aldehydes is 1. The zero-order chi connectivity index (χ0) is 30.4. The maximum absolute atomic E-state index is 9.17. The van der Waals surface area contributed by atoms with Crippen molar-refractivity contribution in [2.45, 2.75) is 87.0 Å². The molecule has 0 fully saturated rings. The third kappa shape index (κ3) is 7.23. The largest absolute Gasteiger partial charge is 0.355 e. The number of fused-ring (bicyclic) bond motifs is 8. The summed E-state index contributed by atoms with van der Waals surface area (Å²) in [4.78, 5) is 28.7. The van der Waals surface area contributed by atoms with E-state index >= 15 is 0 Å². The van der Waals surface area contributed by atoms with Crippen LogP contribution in [0.25, 0.3) is 33.7 Å². The fourth-order valence-electron chi connectivity index (χ4n) is 5.37. The number of rotatable bonds is 3. The number of carbonyl (C=O) groups is 1. The van der Waals surface area contributed by atoms with Crippen LogP contribution in [-0.4, -0.2) is 52.3 Å². The van der Waals surface area contributed by atoms with E-state index in [9.17, 15) is 4.79 Å². The van der Waals surface area contributed by atoms with E-state index in [2.05, 4.69) is 82.7 Å². The van der Waals surface area contributed by atoms with E-state index in [1.807, 2.05) is 33.0 Å². The van der Waals surface area contributed by atoms with Gasteiger partial charge in [-0.15, -0.1) is 0 Å². The Morgan fingerprint density at radius 1 is 0.829 bits per heavy atom. The van der Waals surface area contributed by atoms with E-state index in [0.29, 0.717) is 12.3 Å². The summed E-state index contributed by atoms with van der Waals surface area (Å²) < 4.78 is 0. The minimum absolute atomic E-state index is 0.396. The topological polar surface area (TPSA) is 77.7 Å². The fraction of sp³-hybridized carbons (Fsp3) is 0.457. The first-order valence-electron chi connectivity index (χ1n) is 14.9. The number of nitrogens with one attached hydrogen (secondary N) is 2. The van der Waals surface area contributed by atoms with E-state index in [0.717, 1.165) is 53.8 Å². The Bertz CT molecular complexity index is 1580. The van der Waals surface area contributed by atoms with E-state index in [1.54, 1.807) is 0 Å². The van der Waals surface area contributed by atoms with Gasteiger partial charge in [-0.2, -0.15) is 0 Å². The van der Waals surface area contributed by atoms with E-state index in [-0.39, 0.29) is 0 Å². The minimum Gasteiger partial charge on any atom is -0.355 e. The number of nitrogens with zero attached hydrogens (tertiary/aromatic N) is 3. The van der Waals surface area contributed by atoms with Gasteiger partial charge in [-0.3, -0.25) is 4.98 Å². The quantitative estimate of drug-likeness (QED) is 0.321. The zero-order valence-electron chi connectivity index (χ0n) is 27.0. The van der Waals surface area contributed by atoms with Gasteiger partial charge in [0, 0.05) is 45.8 Å². The van der Waals surface area contributed by atoms with Crippen LogP contribution in [0.5, 0.6) is 0 Å². The molecule has 1 atom stereocenters. The lowest BCUT2D eigenvalue weighted by Gasteiger charge is -2.00. The second-order valence-electron chi connectivity index (χ2n) is 11.6. The molecule has 0 aliphatic carbocycles. The van der Waals surface area contributed by atoms with Gasteiger partial charge in [-0.25, -0.2) is 4.98 Å². The third-order valence-electron chi connectivity index (χ3n) is 7.72. The van der Waals surface area contributed by atoms with Gasteiger partial charge in [0.15, 0.2) is 0 Å². The molecular weight excluding hydrogens is 506 g/mol. The zero-order valence-corrected chi connectivity index (χ0v) is 27.0. The highest BCUT2D eigenvalue weighted by Gasteiger charge is 2.20. The highest BCUT2D eigenvalue weighted by Crippen LogP contribution is 2.31.